The summed E-state index contributed by atoms with van der Waals surface area (Å²) in [6.45, 7) is 1.35. The van der Waals surface area contributed by atoms with Gasteiger partial charge in [0, 0.05) is 17.3 Å². The fraction of sp³-hybridized carbons (Fsp3) is 0.0833. The Kier molecular flexibility index (Phi) is 3.01. The molecule has 2 aromatic rings. The lowest BCUT2D eigenvalue weighted by atomic mass is 10.1. The standard InChI is InChI=1S/C12H8F2N2O2/c1-6-11(14)9(3-10(16-6)12(17)18)7-2-8(13)5-15-4-7/h2-5H,1H3,(H,17,18). The molecule has 0 bridgehead atoms. The molecule has 6 heteroatoms. The van der Waals surface area contributed by atoms with E-state index < -0.39 is 17.6 Å². The second-order valence-electron chi connectivity index (χ2n) is 3.65. The zero-order chi connectivity index (χ0) is 13.3. The maximum atomic E-state index is 13.9. The molecule has 0 aliphatic carbocycles. The van der Waals surface area contributed by atoms with Crippen molar-refractivity contribution in [3.8, 4) is 11.1 Å². The Balaban J connectivity index is 2.66. The fourth-order valence-corrected chi connectivity index (χ4v) is 1.54. The van der Waals surface area contributed by atoms with Crippen LogP contribution in [0.5, 0.6) is 0 Å². The van der Waals surface area contributed by atoms with Crippen molar-refractivity contribution in [1.29, 1.82) is 0 Å². The number of hydrogen-bond donors (Lipinski definition) is 1. The maximum Gasteiger partial charge on any atom is 0.354 e. The molecule has 0 amide bonds. The summed E-state index contributed by atoms with van der Waals surface area (Å²) in [6.07, 6.45) is 2.24. The zero-order valence-corrected chi connectivity index (χ0v) is 9.32. The number of aryl methyl sites for hydroxylation is 1. The van der Waals surface area contributed by atoms with E-state index in [1.54, 1.807) is 0 Å². The lowest BCUT2D eigenvalue weighted by Gasteiger charge is -2.06. The highest BCUT2D eigenvalue weighted by Crippen LogP contribution is 2.24. The van der Waals surface area contributed by atoms with Gasteiger partial charge >= 0.3 is 5.97 Å². The first kappa shape index (κ1) is 12.1. The minimum atomic E-state index is -1.27. The van der Waals surface area contributed by atoms with Gasteiger partial charge in [-0.2, -0.15) is 0 Å². The van der Waals surface area contributed by atoms with Crippen LogP contribution in [0, 0.1) is 18.6 Å². The summed E-state index contributed by atoms with van der Waals surface area (Å²) in [7, 11) is 0. The number of rotatable bonds is 2. The van der Waals surface area contributed by atoms with E-state index >= 15 is 0 Å². The topological polar surface area (TPSA) is 63.1 Å². The van der Waals surface area contributed by atoms with Crippen LogP contribution in [0.1, 0.15) is 16.2 Å². The molecular formula is C12H8F2N2O2. The Labute approximate surface area is 101 Å². The van der Waals surface area contributed by atoms with Gasteiger partial charge in [-0.3, -0.25) is 4.98 Å². The highest BCUT2D eigenvalue weighted by atomic mass is 19.1. The molecule has 0 unspecified atom stereocenters. The average molecular weight is 250 g/mol. The van der Waals surface area contributed by atoms with E-state index in [2.05, 4.69) is 9.97 Å². The van der Waals surface area contributed by atoms with Crippen LogP contribution in [0.15, 0.2) is 24.5 Å². The first-order valence-corrected chi connectivity index (χ1v) is 5.00. The first-order chi connectivity index (χ1) is 8.49. The molecule has 0 aliphatic rings. The minimum Gasteiger partial charge on any atom is -0.477 e. The molecule has 4 nitrogen and oxygen atoms in total. The average Bonchev–Trinajstić information content (AvgIpc) is 2.32. The molecule has 0 atom stereocenters. The lowest BCUT2D eigenvalue weighted by molar-refractivity contribution is 0.0690. The third-order valence-corrected chi connectivity index (χ3v) is 2.36. The van der Waals surface area contributed by atoms with Crippen LogP contribution in [0.4, 0.5) is 8.78 Å². The van der Waals surface area contributed by atoms with E-state index in [9.17, 15) is 13.6 Å². The number of pyridine rings is 2. The van der Waals surface area contributed by atoms with E-state index in [1.807, 2.05) is 0 Å². The van der Waals surface area contributed by atoms with E-state index in [0.29, 0.717) is 0 Å². The third kappa shape index (κ3) is 2.17. The van der Waals surface area contributed by atoms with Gasteiger partial charge in [0.15, 0.2) is 5.82 Å². The Morgan fingerprint density at radius 2 is 2.00 bits per heavy atom. The molecule has 92 valence electrons. The molecule has 0 aliphatic heterocycles. The number of carboxylic acids is 1. The highest BCUT2D eigenvalue weighted by molar-refractivity contribution is 5.87. The van der Waals surface area contributed by atoms with Crippen molar-refractivity contribution in [3.05, 3.63) is 47.5 Å². The predicted octanol–water partition coefficient (Wildman–Crippen LogP) is 2.43. The number of carboxylic acid groups (broad SMARTS) is 1. The Bertz CT molecular complexity index is 629. The van der Waals surface area contributed by atoms with Gasteiger partial charge in [-0.25, -0.2) is 18.6 Å². The Morgan fingerprint density at radius 1 is 1.28 bits per heavy atom. The molecular weight excluding hydrogens is 242 g/mol. The highest BCUT2D eigenvalue weighted by Gasteiger charge is 2.15. The molecule has 0 saturated carbocycles. The molecule has 1 N–H and O–H groups in total. The summed E-state index contributed by atoms with van der Waals surface area (Å²) in [5, 5.41) is 8.85. The molecule has 0 radical (unpaired) electrons. The second kappa shape index (κ2) is 4.48. The molecule has 0 aromatic carbocycles. The van der Waals surface area contributed by atoms with Crippen LogP contribution in [0.3, 0.4) is 0 Å². The number of carbonyl (C=O) groups is 1. The molecule has 2 heterocycles. The smallest absolute Gasteiger partial charge is 0.354 e. The monoisotopic (exact) mass is 250 g/mol. The quantitative estimate of drug-likeness (QED) is 0.889. The van der Waals surface area contributed by atoms with Gasteiger partial charge in [0.2, 0.25) is 0 Å². The summed E-state index contributed by atoms with van der Waals surface area (Å²) in [4.78, 5) is 18.0. The minimum absolute atomic E-state index is 0.0353. The van der Waals surface area contributed by atoms with Crippen LogP contribution in [-0.4, -0.2) is 21.0 Å². The van der Waals surface area contributed by atoms with E-state index in [1.165, 1.54) is 13.1 Å². The summed E-state index contributed by atoms with van der Waals surface area (Å²) >= 11 is 0. The van der Waals surface area contributed by atoms with E-state index in [0.717, 1.165) is 18.3 Å². The molecule has 0 fully saturated rings. The van der Waals surface area contributed by atoms with Crippen molar-refractivity contribution in [1.82, 2.24) is 9.97 Å². The predicted molar refractivity (Wildman–Crippen MR) is 59.1 cm³/mol. The summed E-state index contributed by atoms with van der Waals surface area (Å²) in [5.74, 6) is -2.59. The molecule has 0 spiro atoms. The van der Waals surface area contributed by atoms with Crippen molar-refractivity contribution in [2.24, 2.45) is 0 Å². The number of hydrogen-bond acceptors (Lipinski definition) is 3. The third-order valence-electron chi connectivity index (χ3n) is 2.36. The summed E-state index contributed by atoms with van der Waals surface area (Å²) < 4.78 is 26.9. The van der Waals surface area contributed by atoms with Gasteiger partial charge in [-0.1, -0.05) is 0 Å². The van der Waals surface area contributed by atoms with E-state index in [4.69, 9.17) is 5.11 Å². The zero-order valence-electron chi connectivity index (χ0n) is 9.32. The number of halogens is 2. The van der Waals surface area contributed by atoms with Crippen molar-refractivity contribution in [2.75, 3.05) is 0 Å². The molecule has 18 heavy (non-hydrogen) atoms. The van der Waals surface area contributed by atoms with Gasteiger partial charge in [0.25, 0.3) is 0 Å². The van der Waals surface area contributed by atoms with Crippen molar-refractivity contribution < 1.29 is 18.7 Å². The fourth-order valence-electron chi connectivity index (χ4n) is 1.54. The Hall–Kier alpha value is -2.37. The number of nitrogens with zero attached hydrogens (tertiary/aromatic N) is 2. The van der Waals surface area contributed by atoms with Crippen LogP contribution in [0.25, 0.3) is 11.1 Å². The van der Waals surface area contributed by atoms with Gasteiger partial charge in [0.05, 0.1) is 11.9 Å². The van der Waals surface area contributed by atoms with Crippen LogP contribution in [0.2, 0.25) is 0 Å². The van der Waals surface area contributed by atoms with Gasteiger partial charge < -0.3 is 5.11 Å². The van der Waals surface area contributed by atoms with Gasteiger partial charge in [-0.15, -0.1) is 0 Å². The van der Waals surface area contributed by atoms with Gasteiger partial charge in [0.1, 0.15) is 11.5 Å². The van der Waals surface area contributed by atoms with Crippen LogP contribution >= 0.6 is 0 Å². The van der Waals surface area contributed by atoms with Crippen LogP contribution < -0.4 is 0 Å². The van der Waals surface area contributed by atoms with Crippen molar-refractivity contribution in [2.45, 2.75) is 6.92 Å². The van der Waals surface area contributed by atoms with Gasteiger partial charge in [-0.05, 0) is 19.1 Å². The Morgan fingerprint density at radius 3 is 2.61 bits per heavy atom. The lowest BCUT2D eigenvalue weighted by Crippen LogP contribution is -2.05. The van der Waals surface area contributed by atoms with Crippen molar-refractivity contribution >= 4 is 5.97 Å². The number of aromatic nitrogens is 2. The summed E-state index contributed by atoms with van der Waals surface area (Å²) in [5.41, 5.74) is -0.227. The first-order valence-electron chi connectivity index (χ1n) is 5.00. The normalized spacial score (nSPS) is 10.4. The van der Waals surface area contributed by atoms with Crippen LogP contribution in [-0.2, 0) is 0 Å². The second-order valence-corrected chi connectivity index (χ2v) is 3.65. The largest absolute Gasteiger partial charge is 0.477 e. The summed E-state index contributed by atoms with van der Waals surface area (Å²) in [6, 6.07) is 2.14. The van der Waals surface area contributed by atoms with E-state index in [-0.39, 0.29) is 22.5 Å². The molecule has 2 aromatic heterocycles. The molecule has 2 rings (SSSR count). The SMILES string of the molecule is Cc1nc(C(=O)O)cc(-c2cncc(F)c2)c1F. The maximum absolute atomic E-state index is 13.9. The number of aromatic carboxylic acids is 1. The molecule has 0 saturated heterocycles. The van der Waals surface area contributed by atoms with Crippen molar-refractivity contribution in [3.63, 3.8) is 0 Å².